The summed E-state index contributed by atoms with van der Waals surface area (Å²) in [6, 6.07) is 1.37. The second-order valence-electron chi connectivity index (χ2n) is 4.78. The molecule has 1 aromatic heterocycles. The Labute approximate surface area is 125 Å². The predicted octanol–water partition coefficient (Wildman–Crippen LogP) is 1.28. The van der Waals surface area contributed by atoms with Crippen molar-refractivity contribution in [1.29, 1.82) is 0 Å². The van der Waals surface area contributed by atoms with Gasteiger partial charge in [-0.1, -0.05) is 0 Å². The summed E-state index contributed by atoms with van der Waals surface area (Å²) in [4.78, 5) is 28.1. The molecule has 1 fully saturated rings. The van der Waals surface area contributed by atoms with Gasteiger partial charge in [0.1, 0.15) is 11.9 Å². The van der Waals surface area contributed by atoms with Crippen molar-refractivity contribution < 1.29 is 9.59 Å². The maximum atomic E-state index is 12.2. The molecule has 0 aliphatic heterocycles. The topological polar surface area (TPSA) is 83.1 Å². The largest absolute Gasteiger partial charge is 0.372 e. The van der Waals surface area contributed by atoms with E-state index in [4.69, 9.17) is 0 Å². The van der Waals surface area contributed by atoms with Crippen LogP contribution in [0.3, 0.4) is 0 Å². The zero-order valence-corrected chi connectivity index (χ0v) is 13.0. The highest BCUT2D eigenvalue weighted by Crippen LogP contribution is 2.19. The average molecular weight is 341 g/mol. The SMILES string of the molecule is CNc1ncc(Br)cc1C(=O)NC(C)C(=O)NC1CC1. The maximum Gasteiger partial charge on any atom is 0.255 e. The van der Waals surface area contributed by atoms with Gasteiger partial charge >= 0.3 is 0 Å². The van der Waals surface area contributed by atoms with E-state index < -0.39 is 6.04 Å². The standard InChI is InChI=1S/C13H17BrN4O2/c1-7(12(19)18-9-3-4-9)17-13(20)10-5-8(14)6-16-11(10)15-2/h5-7,9H,3-4H2,1-2H3,(H,15,16)(H,17,20)(H,18,19). The van der Waals surface area contributed by atoms with Gasteiger partial charge in [0, 0.05) is 23.8 Å². The smallest absolute Gasteiger partial charge is 0.255 e. The molecule has 108 valence electrons. The second kappa shape index (κ2) is 6.21. The molecule has 6 nitrogen and oxygen atoms in total. The van der Waals surface area contributed by atoms with E-state index >= 15 is 0 Å². The molecule has 1 aliphatic carbocycles. The first kappa shape index (κ1) is 14.8. The number of halogens is 1. The Hall–Kier alpha value is -1.63. The van der Waals surface area contributed by atoms with Crippen molar-refractivity contribution in [2.75, 3.05) is 12.4 Å². The van der Waals surface area contributed by atoms with Gasteiger partial charge in [-0.2, -0.15) is 0 Å². The van der Waals surface area contributed by atoms with Crippen molar-refractivity contribution in [3.63, 3.8) is 0 Å². The lowest BCUT2D eigenvalue weighted by atomic mass is 10.2. The Morgan fingerprint density at radius 1 is 1.45 bits per heavy atom. The molecule has 2 amide bonds. The second-order valence-corrected chi connectivity index (χ2v) is 5.69. The molecule has 0 bridgehead atoms. The number of nitrogens with one attached hydrogen (secondary N) is 3. The molecule has 1 aliphatic rings. The predicted molar refractivity (Wildman–Crippen MR) is 79.6 cm³/mol. The van der Waals surface area contributed by atoms with Crippen LogP contribution in [0.1, 0.15) is 30.1 Å². The van der Waals surface area contributed by atoms with Crippen LogP contribution in [0.4, 0.5) is 5.82 Å². The number of carbonyl (C=O) groups excluding carboxylic acids is 2. The van der Waals surface area contributed by atoms with Gasteiger partial charge in [-0.3, -0.25) is 9.59 Å². The van der Waals surface area contributed by atoms with Gasteiger partial charge in [-0.25, -0.2) is 4.98 Å². The number of carbonyl (C=O) groups is 2. The van der Waals surface area contributed by atoms with E-state index in [9.17, 15) is 9.59 Å². The van der Waals surface area contributed by atoms with Crippen LogP contribution in [0, 0.1) is 0 Å². The lowest BCUT2D eigenvalue weighted by Crippen LogP contribution is -2.45. The number of amides is 2. The summed E-state index contributed by atoms with van der Waals surface area (Å²) >= 11 is 3.28. The number of anilines is 1. The van der Waals surface area contributed by atoms with Crippen molar-refractivity contribution in [3.05, 3.63) is 22.3 Å². The van der Waals surface area contributed by atoms with Crippen LogP contribution in [0.25, 0.3) is 0 Å². The number of aromatic nitrogens is 1. The molecule has 1 unspecified atom stereocenters. The Morgan fingerprint density at radius 2 is 2.15 bits per heavy atom. The van der Waals surface area contributed by atoms with Gasteiger partial charge in [0.25, 0.3) is 5.91 Å². The Balaban J connectivity index is 2.03. The Morgan fingerprint density at radius 3 is 2.75 bits per heavy atom. The molecule has 1 saturated carbocycles. The van der Waals surface area contributed by atoms with E-state index in [1.165, 1.54) is 0 Å². The fraction of sp³-hybridized carbons (Fsp3) is 0.462. The van der Waals surface area contributed by atoms with E-state index in [-0.39, 0.29) is 17.9 Å². The highest BCUT2D eigenvalue weighted by molar-refractivity contribution is 9.10. The maximum absolute atomic E-state index is 12.2. The van der Waals surface area contributed by atoms with Gasteiger partial charge in [0.05, 0.1) is 5.56 Å². The number of hydrogen-bond acceptors (Lipinski definition) is 4. The highest BCUT2D eigenvalue weighted by atomic mass is 79.9. The van der Waals surface area contributed by atoms with E-state index in [0.29, 0.717) is 15.9 Å². The molecular weight excluding hydrogens is 324 g/mol. The van der Waals surface area contributed by atoms with Crippen molar-refractivity contribution >= 4 is 33.6 Å². The minimum Gasteiger partial charge on any atom is -0.372 e. The van der Waals surface area contributed by atoms with Crippen LogP contribution in [0.15, 0.2) is 16.7 Å². The van der Waals surface area contributed by atoms with Crippen molar-refractivity contribution in [3.8, 4) is 0 Å². The minimum atomic E-state index is -0.577. The molecule has 0 saturated heterocycles. The average Bonchev–Trinajstić information content (AvgIpc) is 3.22. The molecule has 3 N–H and O–H groups in total. The quantitative estimate of drug-likeness (QED) is 0.754. The molecule has 1 heterocycles. The lowest BCUT2D eigenvalue weighted by molar-refractivity contribution is -0.122. The fourth-order valence-corrected chi connectivity index (χ4v) is 2.04. The normalized spacial score (nSPS) is 15.3. The Bertz CT molecular complexity index is 531. The fourth-order valence-electron chi connectivity index (χ4n) is 1.71. The van der Waals surface area contributed by atoms with Crippen molar-refractivity contribution in [2.24, 2.45) is 0 Å². The third kappa shape index (κ3) is 3.69. The zero-order valence-electron chi connectivity index (χ0n) is 11.4. The van der Waals surface area contributed by atoms with Gasteiger partial charge in [0.2, 0.25) is 5.91 Å². The van der Waals surface area contributed by atoms with Gasteiger partial charge < -0.3 is 16.0 Å². The van der Waals surface area contributed by atoms with Crippen LogP contribution >= 0.6 is 15.9 Å². The molecule has 0 aromatic carbocycles. The van der Waals surface area contributed by atoms with Crippen LogP contribution < -0.4 is 16.0 Å². The third-order valence-electron chi connectivity index (χ3n) is 3.00. The van der Waals surface area contributed by atoms with Gasteiger partial charge in [-0.05, 0) is 41.8 Å². The first-order valence-electron chi connectivity index (χ1n) is 6.45. The van der Waals surface area contributed by atoms with Crippen molar-refractivity contribution in [1.82, 2.24) is 15.6 Å². The first-order chi connectivity index (χ1) is 9.51. The molecule has 1 atom stereocenters. The van der Waals surface area contributed by atoms with E-state index in [2.05, 4.69) is 36.9 Å². The molecule has 0 radical (unpaired) electrons. The summed E-state index contributed by atoms with van der Waals surface area (Å²) in [6.45, 7) is 1.67. The minimum absolute atomic E-state index is 0.158. The summed E-state index contributed by atoms with van der Waals surface area (Å²) in [6.07, 6.45) is 3.64. The summed E-state index contributed by atoms with van der Waals surface area (Å²) in [7, 11) is 1.69. The molecule has 2 rings (SSSR count). The van der Waals surface area contributed by atoms with E-state index in [0.717, 1.165) is 12.8 Å². The van der Waals surface area contributed by atoms with Crippen LogP contribution in [-0.2, 0) is 4.79 Å². The monoisotopic (exact) mass is 340 g/mol. The van der Waals surface area contributed by atoms with Crippen molar-refractivity contribution in [2.45, 2.75) is 31.8 Å². The van der Waals surface area contributed by atoms with Crippen LogP contribution in [-0.4, -0.2) is 35.9 Å². The van der Waals surface area contributed by atoms with E-state index in [1.54, 1.807) is 26.2 Å². The first-order valence-corrected chi connectivity index (χ1v) is 7.25. The summed E-state index contributed by atoms with van der Waals surface area (Å²) in [5.74, 6) is -0.0167. The molecule has 1 aromatic rings. The molecular formula is C13H17BrN4O2. The highest BCUT2D eigenvalue weighted by Gasteiger charge is 2.26. The van der Waals surface area contributed by atoms with Gasteiger partial charge in [-0.15, -0.1) is 0 Å². The summed E-state index contributed by atoms with van der Waals surface area (Å²) in [5.41, 5.74) is 0.396. The van der Waals surface area contributed by atoms with Gasteiger partial charge in [0.15, 0.2) is 0 Å². The van der Waals surface area contributed by atoms with E-state index in [1.807, 2.05) is 0 Å². The van der Waals surface area contributed by atoms with Crippen LogP contribution in [0.5, 0.6) is 0 Å². The summed E-state index contributed by atoms with van der Waals surface area (Å²) in [5, 5.41) is 8.39. The number of rotatable bonds is 5. The summed E-state index contributed by atoms with van der Waals surface area (Å²) < 4.78 is 0.705. The zero-order chi connectivity index (χ0) is 14.7. The van der Waals surface area contributed by atoms with Crippen LogP contribution in [0.2, 0.25) is 0 Å². The molecule has 7 heteroatoms. The number of pyridine rings is 1. The number of nitrogens with zero attached hydrogens (tertiary/aromatic N) is 1. The number of hydrogen-bond donors (Lipinski definition) is 3. The lowest BCUT2D eigenvalue weighted by Gasteiger charge is -2.15. The third-order valence-corrected chi connectivity index (χ3v) is 3.43. The molecule has 20 heavy (non-hydrogen) atoms. The molecule has 0 spiro atoms. The Kier molecular flexibility index (Phi) is 4.59.